The molecule has 1 aromatic heterocycles. The summed E-state index contributed by atoms with van der Waals surface area (Å²) < 4.78 is 0. The van der Waals surface area contributed by atoms with Crippen LogP contribution < -0.4 is 5.32 Å². The Labute approximate surface area is 73.0 Å². The molecule has 0 aliphatic heterocycles. The zero-order valence-electron chi connectivity index (χ0n) is 7.38. The summed E-state index contributed by atoms with van der Waals surface area (Å²) in [5.74, 6) is 0. The molecule has 0 bridgehead atoms. The third-order valence-corrected chi connectivity index (χ3v) is 2.59. The number of rotatable bonds is 1. The largest absolute Gasteiger partial charge is 0.317 e. The Morgan fingerprint density at radius 2 is 2.50 bits per heavy atom. The lowest BCUT2D eigenvalue weighted by molar-refractivity contribution is 0.490. The SMILES string of the molecule is CNC1CCc2ncccc2C1. The molecule has 1 N–H and O–H groups in total. The van der Waals surface area contributed by atoms with Crippen molar-refractivity contribution in [3.05, 3.63) is 29.6 Å². The molecule has 0 amide bonds. The summed E-state index contributed by atoms with van der Waals surface area (Å²) in [6, 6.07) is 4.87. The molecule has 12 heavy (non-hydrogen) atoms. The van der Waals surface area contributed by atoms with Gasteiger partial charge < -0.3 is 5.32 Å². The summed E-state index contributed by atoms with van der Waals surface area (Å²) in [5, 5.41) is 3.32. The second-order valence-corrected chi connectivity index (χ2v) is 3.34. The van der Waals surface area contributed by atoms with Gasteiger partial charge in [-0.3, -0.25) is 4.98 Å². The van der Waals surface area contributed by atoms with Crippen molar-refractivity contribution in [2.75, 3.05) is 7.05 Å². The van der Waals surface area contributed by atoms with E-state index in [4.69, 9.17) is 0 Å². The van der Waals surface area contributed by atoms with Crippen LogP contribution in [0.2, 0.25) is 0 Å². The molecule has 0 radical (unpaired) electrons. The zero-order valence-corrected chi connectivity index (χ0v) is 7.38. The van der Waals surface area contributed by atoms with E-state index in [1.807, 2.05) is 19.3 Å². The fourth-order valence-corrected chi connectivity index (χ4v) is 1.81. The maximum atomic E-state index is 4.36. The molecule has 2 heteroatoms. The number of likely N-dealkylation sites (N-methyl/N-ethyl adjacent to an activating group) is 1. The molecule has 0 fully saturated rings. The summed E-state index contributed by atoms with van der Waals surface area (Å²) in [4.78, 5) is 4.36. The van der Waals surface area contributed by atoms with E-state index in [1.165, 1.54) is 17.7 Å². The zero-order chi connectivity index (χ0) is 8.39. The van der Waals surface area contributed by atoms with E-state index >= 15 is 0 Å². The first-order valence-corrected chi connectivity index (χ1v) is 4.50. The molecule has 1 heterocycles. The molecule has 2 rings (SSSR count). The predicted molar refractivity (Wildman–Crippen MR) is 49.1 cm³/mol. The van der Waals surface area contributed by atoms with Gasteiger partial charge in [-0.15, -0.1) is 0 Å². The molecule has 0 spiro atoms. The number of fused-ring (bicyclic) bond motifs is 1. The van der Waals surface area contributed by atoms with Gasteiger partial charge in [0, 0.05) is 17.9 Å². The van der Waals surface area contributed by atoms with Crippen molar-refractivity contribution in [1.82, 2.24) is 10.3 Å². The molecule has 1 atom stereocenters. The van der Waals surface area contributed by atoms with Crippen LogP contribution >= 0.6 is 0 Å². The van der Waals surface area contributed by atoms with Gasteiger partial charge in [0.05, 0.1) is 0 Å². The summed E-state index contributed by atoms with van der Waals surface area (Å²) >= 11 is 0. The molecule has 1 aliphatic rings. The molecular weight excluding hydrogens is 148 g/mol. The lowest BCUT2D eigenvalue weighted by Crippen LogP contribution is -2.31. The van der Waals surface area contributed by atoms with Crippen LogP contribution in [0.1, 0.15) is 17.7 Å². The molecule has 64 valence electrons. The number of nitrogens with zero attached hydrogens (tertiary/aromatic N) is 1. The Kier molecular flexibility index (Phi) is 2.09. The molecule has 0 aromatic carbocycles. The highest BCUT2D eigenvalue weighted by Gasteiger charge is 2.16. The van der Waals surface area contributed by atoms with Gasteiger partial charge in [-0.2, -0.15) is 0 Å². The van der Waals surface area contributed by atoms with Crippen LogP contribution in [-0.4, -0.2) is 18.1 Å². The van der Waals surface area contributed by atoms with Crippen molar-refractivity contribution in [2.45, 2.75) is 25.3 Å². The molecule has 1 aromatic rings. The Balaban J connectivity index is 2.23. The van der Waals surface area contributed by atoms with Crippen LogP contribution in [0.25, 0.3) is 0 Å². The lowest BCUT2D eigenvalue weighted by Gasteiger charge is -2.22. The van der Waals surface area contributed by atoms with Crippen molar-refractivity contribution in [3.63, 3.8) is 0 Å². The van der Waals surface area contributed by atoms with Crippen molar-refractivity contribution in [1.29, 1.82) is 0 Å². The lowest BCUT2D eigenvalue weighted by atomic mass is 9.92. The third-order valence-electron chi connectivity index (χ3n) is 2.59. The molecule has 0 saturated heterocycles. The van der Waals surface area contributed by atoms with Gasteiger partial charge in [-0.05, 0) is 37.9 Å². The van der Waals surface area contributed by atoms with Crippen LogP contribution in [0.4, 0.5) is 0 Å². The van der Waals surface area contributed by atoms with Crippen LogP contribution in [0.15, 0.2) is 18.3 Å². The second-order valence-electron chi connectivity index (χ2n) is 3.34. The summed E-state index contributed by atoms with van der Waals surface area (Å²) in [6.07, 6.45) is 5.38. The highest BCUT2D eigenvalue weighted by molar-refractivity contribution is 5.23. The van der Waals surface area contributed by atoms with E-state index in [-0.39, 0.29) is 0 Å². The van der Waals surface area contributed by atoms with Crippen LogP contribution in [-0.2, 0) is 12.8 Å². The summed E-state index contributed by atoms with van der Waals surface area (Å²) in [5.41, 5.74) is 2.71. The van der Waals surface area contributed by atoms with Gasteiger partial charge in [-0.25, -0.2) is 0 Å². The summed E-state index contributed by atoms with van der Waals surface area (Å²) in [7, 11) is 2.03. The Bertz CT molecular complexity index is 270. The third kappa shape index (κ3) is 1.34. The number of hydrogen-bond donors (Lipinski definition) is 1. The minimum absolute atomic E-state index is 0.654. The standard InChI is InChI=1S/C10H14N2/c1-11-9-4-5-10-8(7-9)3-2-6-12-10/h2-3,6,9,11H,4-5,7H2,1H3. The number of nitrogens with one attached hydrogen (secondary N) is 1. The van der Waals surface area contributed by atoms with E-state index < -0.39 is 0 Å². The minimum atomic E-state index is 0.654. The van der Waals surface area contributed by atoms with E-state index in [1.54, 1.807) is 0 Å². The van der Waals surface area contributed by atoms with Crippen LogP contribution in [0.3, 0.4) is 0 Å². The van der Waals surface area contributed by atoms with Gasteiger partial charge in [0.15, 0.2) is 0 Å². The van der Waals surface area contributed by atoms with Crippen LogP contribution in [0.5, 0.6) is 0 Å². The quantitative estimate of drug-likeness (QED) is 0.670. The minimum Gasteiger partial charge on any atom is -0.317 e. The van der Waals surface area contributed by atoms with Crippen LogP contribution in [0, 0.1) is 0 Å². The maximum Gasteiger partial charge on any atom is 0.0436 e. The normalized spacial score (nSPS) is 21.9. The van der Waals surface area contributed by atoms with Crippen molar-refractivity contribution < 1.29 is 0 Å². The van der Waals surface area contributed by atoms with Gasteiger partial charge in [0.2, 0.25) is 0 Å². The first-order valence-electron chi connectivity index (χ1n) is 4.50. The average Bonchev–Trinajstić information content (AvgIpc) is 2.17. The van der Waals surface area contributed by atoms with Crippen molar-refractivity contribution in [3.8, 4) is 0 Å². The van der Waals surface area contributed by atoms with Gasteiger partial charge in [-0.1, -0.05) is 6.07 Å². The number of hydrogen-bond acceptors (Lipinski definition) is 2. The van der Waals surface area contributed by atoms with Gasteiger partial charge in [0.1, 0.15) is 0 Å². The molecular formula is C10H14N2. The van der Waals surface area contributed by atoms with E-state index in [0.29, 0.717) is 6.04 Å². The monoisotopic (exact) mass is 162 g/mol. The molecule has 2 nitrogen and oxygen atoms in total. The number of aromatic nitrogens is 1. The van der Waals surface area contributed by atoms with E-state index in [0.717, 1.165) is 12.8 Å². The number of pyridine rings is 1. The topological polar surface area (TPSA) is 24.9 Å². The maximum absolute atomic E-state index is 4.36. The fraction of sp³-hybridized carbons (Fsp3) is 0.500. The second kappa shape index (κ2) is 3.23. The Hall–Kier alpha value is -0.890. The Morgan fingerprint density at radius 3 is 3.33 bits per heavy atom. The highest BCUT2D eigenvalue weighted by Crippen LogP contribution is 2.18. The summed E-state index contributed by atoms with van der Waals surface area (Å²) in [6.45, 7) is 0. The predicted octanol–water partition coefficient (Wildman–Crippen LogP) is 1.16. The molecule has 1 aliphatic carbocycles. The van der Waals surface area contributed by atoms with Gasteiger partial charge in [0.25, 0.3) is 0 Å². The van der Waals surface area contributed by atoms with E-state index in [2.05, 4.69) is 16.4 Å². The first kappa shape index (κ1) is 7.74. The smallest absolute Gasteiger partial charge is 0.0436 e. The average molecular weight is 162 g/mol. The van der Waals surface area contributed by atoms with Crippen molar-refractivity contribution in [2.24, 2.45) is 0 Å². The van der Waals surface area contributed by atoms with Gasteiger partial charge >= 0.3 is 0 Å². The molecule has 0 saturated carbocycles. The fourth-order valence-electron chi connectivity index (χ4n) is 1.81. The van der Waals surface area contributed by atoms with Crippen molar-refractivity contribution >= 4 is 0 Å². The Morgan fingerprint density at radius 1 is 1.58 bits per heavy atom. The van der Waals surface area contributed by atoms with E-state index in [9.17, 15) is 0 Å². The first-order chi connectivity index (χ1) is 5.90. The molecule has 1 unspecified atom stereocenters. The highest BCUT2D eigenvalue weighted by atomic mass is 14.9. The number of aryl methyl sites for hydroxylation is 1.